The molecule has 0 aliphatic heterocycles. The number of carbonyl (C=O) groups excluding carboxylic acids is 2. The van der Waals surface area contributed by atoms with Gasteiger partial charge in [0.05, 0.1) is 12.6 Å². The third kappa shape index (κ3) is 4.12. The summed E-state index contributed by atoms with van der Waals surface area (Å²) >= 11 is 0. The van der Waals surface area contributed by atoms with E-state index < -0.39 is 0 Å². The van der Waals surface area contributed by atoms with Crippen LogP contribution < -0.4 is 0 Å². The average molecular weight is 290 g/mol. The van der Waals surface area contributed by atoms with E-state index in [0.29, 0.717) is 12.0 Å². The van der Waals surface area contributed by atoms with E-state index in [1.54, 1.807) is 12.2 Å². The highest BCUT2D eigenvalue weighted by Crippen LogP contribution is 2.61. The van der Waals surface area contributed by atoms with E-state index in [0.717, 1.165) is 31.1 Å². The normalized spacial score (nSPS) is 31.5. The summed E-state index contributed by atoms with van der Waals surface area (Å²) in [5, 5.41) is 0. The van der Waals surface area contributed by atoms with Crippen LogP contribution in [-0.4, -0.2) is 24.7 Å². The fourth-order valence-electron chi connectivity index (χ4n) is 4.72. The molecule has 2 saturated carbocycles. The lowest BCUT2D eigenvalue weighted by atomic mass is 9.69. The quantitative estimate of drug-likeness (QED) is 0.368. The van der Waals surface area contributed by atoms with Crippen LogP contribution in [0.5, 0.6) is 0 Å². The van der Waals surface area contributed by atoms with Gasteiger partial charge in [-0.25, -0.2) is 19.6 Å². The standard InChI is InChI=1S/C17H26N2O2/c1-14(19-13-21)9-16-10-15-5-7-17(16,11-15)6-3-2-4-8-18-12-20/h14-16H,2-11H2,1H3. The first-order chi connectivity index (χ1) is 10.2. The number of isocyanates is 2. The first-order valence-corrected chi connectivity index (χ1v) is 8.31. The van der Waals surface area contributed by atoms with Crippen molar-refractivity contribution >= 4 is 12.2 Å². The summed E-state index contributed by atoms with van der Waals surface area (Å²) in [6.07, 6.45) is 14.4. The molecular weight excluding hydrogens is 264 g/mol. The number of hydrogen-bond donors (Lipinski definition) is 0. The summed E-state index contributed by atoms with van der Waals surface area (Å²) in [4.78, 5) is 27.9. The van der Waals surface area contributed by atoms with Gasteiger partial charge in [-0.3, -0.25) is 0 Å². The van der Waals surface area contributed by atoms with Crippen LogP contribution in [0.15, 0.2) is 9.98 Å². The molecule has 21 heavy (non-hydrogen) atoms. The van der Waals surface area contributed by atoms with Gasteiger partial charge < -0.3 is 0 Å². The van der Waals surface area contributed by atoms with Gasteiger partial charge in [-0.05, 0) is 69.1 Å². The lowest BCUT2D eigenvalue weighted by molar-refractivity contribution is 0.148. The van der Waals surface area contributed by atoms with E-state index in [1.807, 2.05) is 6.92 Å². The van der Waals surface area contributed by atoms with Crippen LogP contribution in [0.4, 0.5) is 0 Å². The molecule has 2 fully saturated rings. The third-order valence-electron chi connectivity index (χ3n) is 5.64. The minimum Gasteiger partial charge on any atom is -0.211 e. The SMILES string of the molecule is CC(CC1CC2CCC1(CCCCCN=C=O)C2)N=C=O. The maximum Gasteiger partial charge on any atom is 0.235 e. The molecule has 2 aliphatic rings. The molecule has 0 aromatic carbocycles. The van der Waals surface area contributed by atoms with Gasteiger partial charge >= 0.3 is 0 Å². The van der Waals surface area contributed by atoms with Crippen LogP contribution in [0.3, 0.4) is 0 Å². The number of unbranched alkanes of at least 4 members (excludes halogenated alkanes) is 2. The second-order valence-electron chi connectivity index (χ2n) is 6.99. The van der Waals surface area contributed by atoms with Gasteiger partial charge in [0.25, 0.3) is 0 Å². The zero-order valence-corrected chi connectivity index (χ0v) is 13.0. The summed E-state index contributed by atoms with van der Waals surface area (Å²) in [5.74, 6) is 1.64. The van der Waals surface area contributed by atoms with Crippen molar-refractivity contribution in [3.05, 3.63) is 0 Å². The Labute approximate surface area is 127 Å². The lowest BCUT2D eigenvalue weighted by Crippen LogP contribution is -2.27. The van der Waals surface area contributed by atoms with E-state index in [1.165, 1.54) is 38.5 Å². The van der Waals surface area contributed by atoms with Gasteiger partial charge in [0.1, 0.15) is 0 Å². The lowest BCUT2D eigenvalue weighted by Gasteiger charge is -2.36. The minimum atomic E-state index is 0.116. The molecule has 0 N–H and O–H groups in total. The van der Waals surface area contributed by atoms with Crippen molar-refractivity contribution in [3.8, 4) is 0 Å². The third-order valence-corrected chi connectivity index (χ3v) is 5.64. The van der Waals surface area contributed by atoms with E-state index >= 15 is 0 Å². The highest BCUT2D eigenvalue weighted by atomic mass is 16.1. The number of nitrogens with zero attached hydrogens (tertiary/aromatic N) is 2. The molecule has 116 valence electrons. The molecule has 2 rings (SSSR count). The first kappa shape index (κ1) is 16.1. The number of fused-ring (bicyclic) bond motifs is 2. The van der Waals surface area contributed by atoms with Gasteiger partial charge in [-0.15, -0.1) is 0 Å². The predicted molar refractivity (Wildman–Crippen MR) is 81.5 cm³/mol. The molecule has 4 atom stereocenters. The molecule has 0 aromatic heterocycles. The van der Waals surface area contributed by atoms with Gasteiger partial charge in [0, 0.05) is 0 Å². The summed E-state index contributed by atoms with van der Waals surface area (Å²) in [6, 6.07) is 0.116. The fraction of sp³-hybridized carbons (Fsp3) is 0.882. The molecular formula is C17H26N2O2. The van der Waals surface area contributed by atoms with Crippen LogP contribution in [0.2, 0.25) is 0 Å². The molecule has 0 amide bonds. The smallest absolute Gasteiger partial charge is 0.211 e. The summed E-state index contributed by atoms with van der Waals surface area (Å²) < 4.78 is 0. The van der Waals surface area contributed by atoms with Gasteiger partial charge in [0.15, 0.2) is 0 Å². The summed E-state index contributed by atoms with van der Waals surface area (Å²) in [5.41, 5.74) is 0.505. The van der Waals surface area contributed by atoms with Gasteiger partial charge in [0.2, 0.25) is 12.2 Å². The average Bonchev–Trinajstić information content (AvgIpc) is 3.01. The summed E-state index contributed by atoms with van der Waals surface area (Å²) in [7, 11) is 0. The number of aliphatic imine (C=N–C) groups is 2. The Kier molecular flexibility index (Phi) is 5.90. The first-order valence-electron chi connectivity index (χ1n) is 8.31. The van der Waals surface area contributed by atoms with Crippen LogP contribution in [0.25, 0.3) is 0 Å². The van der Waals surface area contributed by atoms with Crippen molar-refractivity contribution in [1.82, 2.24) is 0 Å². The zero-order chi connectivity index (χ0) is 15.1. The van der Waals surface area contributed by atoms with Crippen molar-refractivity contribution in [2.45, 2.75) is 70.8 Å². The second-order valence-corrected chi connectivity index (χ2v) is 6.99. The van der Waals surface area contributed by atoms with E-state index in [4.69, 9.17) is 0 Å². The van der Waals surface area contributed by atoms with Crippen LogP contribution in [0.1, 0.15) is 64.7 Å². The number of rotatable bonds is 9. The maximum atomic E-state index is 10.4. The van der Waals surface area contributed by atoms with Crippen molar-refractivity contribution in [3.63, 3.8) is 0 Å². The Morgan fingerprint density at radius 1 is 1.24 bits per heavy atom. The minimum absolute atomic E-state index is 0.116. The monoisotopic (exact) mass is 290 g/mol. The van der Waals surface area contributed by atoms with E-state index in [9.17, 15) is 9.59 Å². The number of hydrogen-bond acceptors (Lipinski definition) is 4. The van der Waals surface area contributed by atoms with Gasteiger partial charge in [-0.2, -0.15) is 0 Å². The largest absolute Gasteiger partial charge is 0.235 e. The van der Waals surface area contributed by atoms with Crippen molar-refractivity contribution in [1.29, 1.82) is 0 Å². The van der Waals surface area contributed by atoms with Gasteiger partial charge in [-0.1, -0.05) is 12.8 Å². The highest BCUT2D eigenvalue weighted by molar-refractivity contribution is 5.33. The molecule has 4 heteroatoms. The van der Waals surface area contributed by atoms with Crippen molar-refractivity contribution in [2.24, 2.45) is 27.2 Å². The van der Waals surface area contributed by atoms with Crippen molar-refractivity contribution in [2.75, 3.05) is 6.54 Å². The Morgan fingerprint density at radius 3 is 2.81 bits per heavy atom. The molecule has 4 nitrogen and oxygen atoms in total. The van der Waals surface area contributed by atoms with Crippen LogP contribution >= 0.6 is 0 Å². The second kappa shape index (κ2) is 7.68. The molecule has 0 saturated heterocycles. The molecule has 2 aliphatic carbocycles. The summed E-state index contributed by atoms with van der Waals surface area (Å²) in [6.45, 7) is 2.65. The van der Waals surface area contributed by atoms with E-state index in [-0.39, 0.29) is 6.04 Å². The van der Waals surface area contributed by atoms with Crippen LogP contribution in [-0.2, 0) is 9.59 Å². The van der Waals surface area contributed by atoms with Crippen LogP contribution in [0, 0.1) is 17.3 Å². The topological polar surface area (TPSA) is 58.9 Å². The van der Waals surface area contributed by atoms with E-state index in [2.05, 4.69) is 9.98 Å². The van der Waals surface area contributed by atoms with Crippen molar-refractivity contribution < 1.29 is 9.59 Å². The maximum absolute atomic E-state index is 10.4. The Morgan fingerprint density at radius 2 is 2.10 bits per heavy atom. The molecule has 0 heterocycles. The fourth-order valence-corrected chi connectivity index (χ4v) is 4.72. The molecule has 0 spiro atoms. The zero-order valence-electron chi connectivity index (χ0n) is 13.0. The highest BCUT2D eigenvalue weighted by Gasteiger charge is 2.51. The Bertz CT molecular complexity index is 438. The Balaban J connectivity index is 1.82. The molecule has 0 aromatic rings. The molecule has 2 bridgehead atoms. The molecule has 0 radical (unpaired) electrons. The Hall–Kier alpha value is -1.24. The molecule has 4 unspecified atom stereocenters. The predicted octanol–water partition coefficient (Wildman–Crippen LogP) is 3.80.